The zero-order valence-corrected chi connectivity index (χ0v) is 9.08. The first-order valence-corrected chi connectivity index (χ1v) is 5.13. The number of ether oxygens (including phenoxy) is 1. The minimum Gasteiger partial charge on any atom is -0.461 e. The molecule has 0 spiro atoms. The maximum Gasteiger partial charge on any atom is 0.302 e. The van der Waals surface area contributed by atoms with Crippen LogP contribution < -0.4 is 0 Å². The monoisotopic (exact) mass is 204 g/mol. The summed E-state index contributed by atoms with van der Waals surface area (Å²) in [6, 6.07) is 0. The van der Waals surface area contributed by atoms with E-state index >= 15 is 0 Å². The quantitative estimate of drug-likeness (QED) is 0.399. The maximum absolute atomic E-state index is 10.6. The zero-order valence-electron chi connectivity index (χ0n) is 9.08. The third kappa shape index (κ3) is 5.07. The number of hydrogen-bond acceptors (Lipinski definition) is 2. The lowest BCUT2D eigenvalue weighted by atomic mass is 9.96. The lowest BCUT2D eigenvalue weighted by Crippen LogP contribution is -2.06. The fourth-order valence-electron chi connectivity index (χ4n) is 1.47. The lowest BCUT2D eigenvalue weighted by Gasteiger charge is -2.12. The molecule has 0 saturated heterocycles. The molecule has 0 heterocycles. The largest absolute Gasteiger partial charge is 0.461 e. The Morgan fingerprint density at radius 1 is 1.67 bits per heavy atom. The van der Waals surface area contributed by atoms with Crippen molar-refractivity contribution >= 4 is 5.97 Å². The second-order valence-electron chi connectivity index (χ2n) is 3.71. The fraction of sp³-hybridized carbons (Fsp3) is 0.462. The summed E-state index contributed by atoms with van der Waals surface area (Å²) in [5, 5.41) is 0. The Bertz CT molecular complexity index is 328. The SMILES string of the molecule is C=C(COC(C)=O)CC1C=CC#CCC1. The molecule has 1 aliphatic carbocycles. The summed E-state index contributed by atoms with van der Waals surface area (Å²) in [7, 11) is 0. The van der Waals surface area contributed by atoms with Crippen LogP contribution in [0, 0.1) is 17.8 Å². The van der Waals surface area contributed by atoms with Gasteiger partial charge in [0.25, 0.3) is 0 Å². The van der Waals surface area contributed by atoms with E-state index in [0.29, 0.717) is 12.5 Å². The van der Waals surface area contributed by atoms with E-state index in [4.69, 9.17) is 4.74 Å². The van der Waals surface area contributed by atoms with Crippen LogP contribution in [0.2, 0.25) is 0 Å². The van der Waals surface area contributed by atoms with Gasteiger partial charge in [-0.1, -0.05) is 24.5 Å². The van der Waals surface area contributed by atoms with Gasteiger partial charge in [0.1, 0.15) is 6.61 Å². The van der Waals surface area contributed by atoms with Gasteiger partial charge in [-0.05, 0) is 30.4 Å². The number of allylic oxidation sites excluding steroid dienone is 2. The van der Waals surface area contributed by atoms with Gasteiger partial charge in [-0.2, -0.15) is 0 Å². The van der Waals surface area contributed by atoms with E-state index in [1.807, 2.05) is 6.08 Å². The molecule has 0 amide bonds. The Morgan fingerprint density at radius 2 is 2.47 bits per heavy atom. The van der Waals surface area contributed by atoms with Crippen molar-refractivity contribution in [2.24, 2.45) is 5.92 Å². The molecule has 0 radical (unpaired) electrons. The topological polar surface area (TPSA) is 26.3 Å². The standard InChI is InChI=1S/C13H16O2/c1-11(10-15-12(2)14)9-13-7-5-3-4-6-8-13/h5,7,13H,1,6,8-10H2,2H3. The van der Waals surface area contributed by atoms with Gasteiger partial charge >= 0.3 is 5.97 Å². The number of carbonyl (C=O) groups is 1. The van der Waals surface area contributed by atoms with Gasteiger partial charge in [-0.3, -0.25) is 4.79 Å². The first-order chi connectivity index (χ1) is 7.18. The molecule has 1 atom stereocenters. The van der Waals surface area contributed by atoms with Crippen molar-refractivity contribution in [3.63, 3.8) is 0 Å². The second-order valence-corrected chi connectivity index (χ2v) is 3.71. The predicted molar refractivity (Wildman–Crippen MR) is 60.0 cm³/mol. The molecule has 0 aromatic rings. The van der Waals surface area contributed by atoms with Crippen molar-refractivity contribution in [3.05, 3.63) is 24.3 Å². The summed E-state index contributed by atoms with van der Waals surface area (Å²) in [6.07, 6.45) is 6.87. The fourth-order valence-corrected chi connectivity index (χ4v) is 1.47. The zero-order chi connectivity index (χ0) is 11.1. The van der Waals surface area contributed by atoms with Crippen LogP contribution in [-0.4, -0.2) is 12.6 Å². The van der Waals surface area contributed by atoms with Gasteiger partial charge < -0.3 is 4.74 Å². The van der Waals surface area contributed by atoms with Gasteiger partial charge in [-0.25, -0.2) is 0 Å². The lowest BCUT2D eigenvalue weighted by molar-refractivity contribution is -0.140. The maximum atomic E-state index is 10.6. The molecule has 0 N–H and O–H groups in total. The van der Waals surface area contributed by atoms with E-state index in [2.05, 4.69) is 24.5 Å². The third-order valence-corrected chi connectivity index (χ3v) is 2.22. The highest BCUT2D eigenvalue weighted by Gasteiger charge is 2.08. The highest BCUT2D eigenvalue weighted by Crippen LogP contribution is 2.18. The summed E-state index contributed by atoms with van der Waals surface area (Å²) >= 11 is 0. The minimum atomic E-state index is -0.254. The Hall–Kier alpha value is -1.49. The van der Waals surface area contributed by atoms with Crippen LogP contribution in [0.25, 0.3) is 0 Å². The van der Waals surface area contributed by atoms with Crippen LogP contribution in [0.5, 0.6) is 0 Å². The smallest absolute Gasteiger partial charge is 0.302 e. The molecule has 0 aromatic carbocycles. The van der Waals surface area contributed by atoms with Crippen molar-refractivity contribution in [1.82, 2.24) is 0 Å². The minimum absolute atomic E-state index is 0.254. The second kappa shape index (κ2) is 6.08. The summed E-state index contributed by atoms with van der Waals surface area (Å²) in [5.41, 5.74) is 0.960. The van der Waals surface area contributed by atoms with Crippen LogP contribution in [0.3, 0.4) is 0 Å². The molecule has 0 fully saturated rings. The van der Waals surface area contributed by atoms with Crippen LogP contribution in [-0.2, 0) is 9.53 Å². The summed E-state index contributed by atoms with van der Waals surface area (Å²) in [5.74, 6) is 6.22. The van der Waals surface area contributed by atoms with Crippen LogP contribution in [0.4, 0.5) is 0 Å². The molecule has 80 valence electrons. The van der Waals surface area contributed by atoms with Gasteiger partial charge in [0.2, 0.25) is 0 Å². The normalized spacial score (nSPS) is 18.6. The Balaban J connectivity index is 2.29. The average Bonchev–Trinajstić information content (AvgIpc) is 2.43. The highest BCUT2D eigenvalue weighted by molar-refractivity contribution is 5.66. The van der Waals surface area contributed by atoms with E-state index in [1.165, 1.54) is 6.92 Å². The molecular formula is C13H16O2. The molecule has 1 rings (SSSR count). The van der Waals surface area contributed by atoms with Crippen molar-refractivity contribution in [2.45, 2.75) is 26.2 Å². The van der Waals surface area contributed by atoms with Crippen molar-refractivity contribution in [1.29, 1.82) is 0 Å². The predicted octanol–water partition coefficient (Wildman–Crippen LogP) is 2.47. The molecule has 0 bridgehead atoms. The third-order valence-electron chi connectivity index (χ3n) is 2.22. The van der Waals surface area contributed by atoms with Gasteiger partial charge in [0.05, 0.1) is 0 Å². The van der Waals surface area contributed by atoms with E-state index in [-0.39, 0.29) is 5.97 Å². The van der Waals surface area contributed by atoms with Crippen molar-refractivity contribution in [2.75, 3.05) is 6.61 Å². The molecule has 2 nitrogen and oxygen atoms in total. The Labute approximate surface area is 91.0 Å². The van der Waals surface area contributed by atoms with E-state index in [0.717, 1.165) is 24.8 Å². The molecular weight excluding hydrogens is 188 g/mol. The molecule has 0 aliphatic heterocycles. The number of esters is 1. The number of carbonyl (C=O) groups excluding carboxylic acids is 1. The summed E-state index contributed by atoms with van der Waals surface area (Å²) in [4.78, 5) is 10.6. The van der Waals surface area contributed by atoms with Crippen LogP contribution >= 0.6 is 0 Å². The van der Waals surface area contributed by atoms with Gasteiger partial charge in [-0.15, -0.1) is 0 Å². The van der Waals surface area contributed by atoms with Crippen molar-refractivity contribution in [3.8, 4) is 11.8 Å². The van der Waals surface area contributed by atoms with E-state index in [9.17, 15) is 4.79 Å². The summed E-state index contributed by atoms with van der Waals surface area (Å²) in [6.45, 7) is 5.64. The van der Waals surface area contributed by atoms with Crippen LogP contribution in [0.15, 0.2) is 24.3 Å². The van der Waals surface area contributed by atoms with E-state index < -0.39 is 0 Å². The molecule has 2 heteroatoms. The molecule has 1 aliphatic rings. The Kier molecular flexibility index (Phi) is 4.70. The van der Waals surface area contributed by atoms with Crippen LogP contribution in [0.1, 0.15) is 26.2 Å². The highest BCUT2D eigenvalue weighted by atomic mass is 16.5. The molecule has 15 heavy (non-hydrogen) atoms. The average molecular weight is 204 g/mol. The molecule has 0 aromatic heterocycles. The van der Waals surface area contributed by atoms with E-state index in [1.54, 1.807) is 0 Å². The summed E-state index contributed by atoms with van der Waals surface area (Å²) < 4.78 is 4.88. The Morgan fingerprint density at radius 3 is 3.20 bits per heavy atom. The number of rotatable bonds is 4. The first-order valence-electron chi connectivity index (χ1n) is 5.13. The molecule has 1 unspecified atom stereocenters. The van der Waals surface area contributed by atoms with Crippen molar-refractivity contribution < 1.29 is 9.53 Å². The first kappa shape index (κ1) is 11.6. The number of hydrogen-bond donors (Lipinski definition) is 0. The van der Waals surface area contributed by atoms with Gasteiger partial charge in [0.15, 0.2) is 0 Å². The van der Waals surface area contributed by atoms with Gasteiger partial charge in [0, 0.05) is 13.3 Å². The molecule has 0 saturated carbocycles.